The van der Waals surface area contributed by atoms with Crippen molar-refractivity contribution in [3.8, 4) is 0 Å². The SMILES string of the molecule is CC1=CNN(c2c(Br)cc(Br)cc2Br)O1. The molecule has 1 N–H and O–H groups in total. The zero-order valence-electron chi connectivity index (χ0n) is 7.72. The Morgan fingerprint density at radius 1 is 1.20 bits per heavy atom. The molecule has 0 fully saturated rings. The van der Waals surface area contributed by atoms with Crippen LogP contribution in [0.1, 0.15) is 6.92 Å². The van der Waals surface area contributed by atoms with E-state index in [1.54, 1.807) is 11.4 Å². The van der Waals surface area contributed by atoms with Crippen LogP contribution in [0.25, 0.3) is 0 Å². The molecule has 15 heavy (non-hydrogen) atoms. The van der Waals surface area contributed by atoms with Crippen molar-refractivity contribution >= 4 is 53.5 Å². The highest BCUT2D eigenvalue weighted by molar-refractivity contribution is 9.11. The molecule has 3 nitrogen and oxygen atoms in total. The van der Waals surface area contributed by atoms with E-state index < -0.39 is 0 Å². The van der Waals surface area contributed by atoms with Gasteiger partial charge in [-0.3, -0.25) is 5.43 Å². The Bertz CT molecular complexity index is 410. The lowest BCUT2D eigenvalue weighted by molar-refractivity contribution is 0.192. The number of hydrazine groups is 1. The van der Waals surface area contributed by atoms with Gasteiger partial charge in [-0.2, -0.15) is 0 Å². The van der Waals surface area contributed by atoms with Crippen LogP contribution >= 0.6 is 47.8 Å². The Morgan fingerprint density at radius 3 is 2.27 bits per heavy atom. The van der Waals surface area contributed by atoms with Crippen molar-refractivity contribution in [1.82, 2.24) is 5.43 Å². The zero-order valence-corrected chi connectivity index (χ0v) is 12.5. The number of benzene rings is 1. The first kappa shape index (κ1) is 11.3. The quantitative estimate of drug-likeness (QED) is 0.771. The van der Waals surface area contributed by atoms with Crippen LogP contribution in [0.15, 0.2) is 37.5 Å². The van der Waals surface area contributed by atoms with Gasteiger partial charge >= 0.3 is 0 Å². The number of anilines is 1. The molecule has 1 heterocycles. The summed E-state index contributed by atoms with van der Waals surface area (Å²) in [6.45, 7) is 1.88. The molecule has 0 amide bonds. The summed E-state index contributed by atoms with van der Waals surface area (Å²) in [7, 11) is 0. The van der Waals surface area contributed by atoms with Crippen molar-refractivity contribution in [2.24, 2.45) is 0 Å². The van der Waals surface area contributed by atoms with E-state index in [1.807, 2.05) is 19.1 Å². The zero-order chi connectivity index (χ0) is 11.0. The number of rotatable bonds is 1. The standard InChI is InChI=1S/C9H7Br3N2O/c1-5-4-13-14(15-5)9-7(11)2-6(10)3-8(9)12/h2-4,13H,1H3. The van der Waals surface area contributed by atoms with Gasteiger partial charge in [-0.1, -0.05) is 15.9 Å². The summed E-state index contributed by atoms with van der Waals surface area (Å²) in [6, 6.07) is 3.91. The number of nitrogens with one attached hydrogen (secondary N) is 1. The molecule has 0 bridgehead atoms. The predicted octanol–water partition coefficient (Wildman–Crippen LogP) is 4.09. The van der Waals surface area contributed by atoms with E-state index in [0.717, 1.165) is 24.9 Å². The van der Waals surface area contributed by atoms with E-state index in [2.05, 4.69) is 53.2 Å². The fourth-order valence-electron chi connectivity index (χ4n) is 1.19. The minimum atomic E-state index is 0.816. The van der Waals surface area contributed by atoms with Crippen molar-refractivity contribution in [2.75, 3.05) is 5.17 Å². The summed E-state index contributed by atoms with van der Waals surface area (Å²) < 4.78 is 2.85. The van der Waals surface area contributed by atoms with E-state index in [4.69, 9.17) is 4.84 Å². The van der Waals surface area contributed by atoms with Crippen molar-refractivity contribution in [3.63, 3.8) is 0 Å². The van der Waals surface area contributed by atoms with Crippen LogP contribution in [0.5, 0.6) is 0 Å². The van der Waals surface area contributed by atoms with Crippen LogP contribution in [-0.4, -0.2) is 0 Å². The van der Waals surface area contributed by atoms with Crippen LogP contribution in [-0.2, 0) is 4.84 Å². The van der Waals surface area contributed by atoms with Gasteiger partial charge in [-0.25, -0.2) is 0 Å². The molecule has 6 heteroatoms. The fourth-order valence-corrected chi connectivity index (χ4v) is 3.77. The third-order valence-corrected chi connectivity index (χ3v) is 3.47. The predicted molar refractivity (Wildman–Crippen MR) is 70.0 cm³/mol. The van der Waals surface area contributed by atoms with Gasteiger partial charge in [0.15, 0.2) is 0 Å². The first-order valence-corrected chi connectivity index (χ1v) is 6.51. The second kappa shape index (κ2) is 4.35. The monoisotopic (exact) mass is 396 g/mol. The highest BCUT2D eigenvalue weighted by Gasteiger charge is 2.19. The minimum absolute atomic E-state index is 0.816. The van der Waals surface area contributed by atoms with Gasteiger partial charge in [-0.05, 0) is 50.9 Å². The molecule has 0 unspecified atom stereocenters. The Kier molecular flexibility index (Phi) is 3.27. The lowest BCUT2D eigenvalue weighted by Crippen LogP contribution is -2.28. The van der Waals surface area contributed by atoms with Crippen LogP contribution in [0.4, 0.5) is 5.69 Å². The maximum absolute atomic E-state index is 5.46. The third-order valence-electron chi connectivity index (χ3n) is 1.81. The highest BCUT2D eigenvalue weighted by atomic mass is 79.9. The first-order chi connectivity index (χ1) is 7.08. The highest BCUT2D eigenvalue weighted by Crippen LogP contribution is 2.37. The molecular weight excluding hydrogens is 392 g/mol. The topological polar surface area (TPSA) is 24.5 Å². The molecule has 1 aliphatic heterocycles. The fraction of sp³-hybridized carbons (Fsp3) is 0.111. The largest absolute Gasteiger partial charge is 0.362 e. The van der Waals surface area contributed by atoms with Gasteiger partial charge < -0.3 is 4.84 Å². The van der Waals surface area contributed by atoms with Crippen LogP contribution < -0.4 is 10.6 Å². The molecule has 1 aromatic carbocycles. The molecule has 80 valence electrons. The number of nitrogens with zero attached hydrogens (tertiary/aromatic N) is 1. The van der Waals surface area contributed by atoms with Gasteiger partial charge in [0.2, 0.25) is 0 Å². The van der Waals surface area contributed by atoms with Crippen LogP contribution in [0.3, 0.4) is 0 Å². The molecule has 0 saturated heterocycles. The minimum Gasteiger partial charge on any atom is -0.362 e. The molecule has 0 radical (unpaired) electrons. The van der Waals surface area contributed by atoms with E-state index in [1.165, 1.54) is 0 Å². The maximum atomic E-state index is 5.46. The van der Waals surface area contributed by atoms with Crippen molar-refractivity contribution in [1.29, 1.82) is 0 Å². The Labute approximate surface area is 113 Å². The van der Waals surface area contributed by atoms with Gasteiger partial charge in [0.1, 0.15) is 11.4 Å². The Morgan fingerprint density at radius 2 is 1.80 bits per heavy atom. The molecule has 1 aliphatic rings. The first-order valence-electron chi connectivity index (χ1n) is 4.13. The van der Waals surface area contributed by atoms with Crippen molar-refractivity contribution < 1.29 is 4.84 Å². The van der Waals surface area contributed by atoms with Crippen molar-refractivity contribution in [3.05, 3.63) is 37.5 Å². The molecule has 0 spiro atoms. The summed E-state index contributed by atoms with van der Waals surface area (Å²) in [4.78, 5) is 5.46. The van der Waals surface area contributed by atoms with E-state index >= 15 is 0 Å². The van der Waals surface area contributed by atoms with Gasteiger partial charge in [0.25, 0.3) is 0 Å². The third kappa shape index (κ3) is 2.32. The molecule has 0 aliphatic carbocycles. The average Bonchev–Trinajstić information content (AvgIpc) is 2.49. The second-order valence-electron chi connectivity index (χ2n) is 2.99. The smallest absolute Gasteiger partial charge is 0.149 e. The molecule has 0 aromatic heterocycles. The number of hydrogen-bond acceptors (Lipinski definition) is 3. The van der Waals surface area contributed by atoms with Gasteiger partial charge in [0, 0.05) is 13.4 Å². The van der Waals surface area contributed by atoms with E-state index in [9.17, 15) is 0 Å². The number of halogens is 3. The second-order valence-corrected chi connectivity index (χ2v) is 5.61. The summed E-state index contributed by atoms with van der Waals surface area (Å²) in [5, 5.41) is 1.59. The molecular formula is C9H7Br3N2O. The molecule has 1 aromatic rings. The molecule has 0 saturated carbocycles. The van der Waals surface area contributed by atoms with Gasteiger partial charge in [-0.15, -0.1) is 5.17 Å². The summed E-state index contributed by atoms with van der Waals surface area (Å²) in [6.07, 6.45) is 1.79. The van der Waals surface area contributed by atoms with Gasteiger partial charge in [0.05, 0.1) is 6.20 Å². The van der Waals surface area contributed by atoms with E-state index in [0.29, 0.717) is 0 Å². The van der Waals surface area contributed by atoms with Crippen LogP contribution in [0, 0.1) is 0 Å². The lowest BCUT2D eigenvalue weighted by Gasteiger charge is -2.20. The maximum Gasteiger partial charge on any atom is 0.149 e. The van der Waals surface area contributed by atoms with Crippen LogP contribution in [0.2, 0.25) is 0 Å². The summed E-state index contributed by atoms with van der Waals surface area (Å²) >= 11 is 10.4. The molecule has 2 rings (SSSR count). The van der Waals surface area contributed by atoms with E-state index in [-0.39, 0.29) is 0 Å². The number of allylic oxidation sites excluding steroid dienone is 1. The number of hydrogen-bond donors (Lipinski definition) is 1. The Hall–Kier alpha value is -0.200. The van der Waals surface area contributed by atoms with Crippen molar-refractivity contribution in [2.45, 2.75) is 6.92 Å². The summed E-state index contributed by atoms with van der Waals surface area (Å²) in [5.74, 6) is 0.816. The average molecular weight is 399 g/mol. The molecule has 0 atom stereocenters. The lowest BCUT2D eigenvalue weighted by atomic mass is 10.3. The normalized spacial score (nSPS) is 14.7. The summed E-state index contributed by atoms with van der Waals surface area (Å²) in [5.41, 5.74) is 3.89. The Balaban J connectivity index is 2.37.